The van der Waals surface area contributed by atoms with Gasteiger partial charge in [-0.3, -0.25) is 9.59 Å². The van der Waals surface area contributed by atoms with Crippen LogP contribution in [0.5, 0.6) is 11.5 Å². The van der Waals surface area contributed by atoms with E-state index in [2.05, 4.69) is 5.32 Å². The molecule has 0 bridgehead atoms. The van der Waals surface area contributed by atoms with Gasteiger partial charge in [-0.25, -0.2) is 0 Å². The topological polar surface area (TPSA) is 67.9 Å². The number of piperidine rings is 1. The van der Waals surface area contributed by atoms with E-state index in [4.69, 9.17) is 9.47 Å². The third-order valence-corrected chi connectivity index (χ3v) is 5.09. The largest absolute Gasteiger partial charge is 0.493 e. The number of hydrogen-bond donors (Lipinski definition) is 1. The Morgan fingerprint density at radius 2 is 1.80 bits per heavy atom. The van der Waals surface area contributed by atoms with Gasteiger partial charge >= 0.3 is 0 Å². The fourth-order valence-corrected chi connectivity index (χ4v) is 3.23. The fourth-order valence-electron chi connectivity index (χ4n) is 3.23. The Morgan fingerprint density at radius 1 is 1.12 bits per heavy atom. The van der Waals surface area contributed by atoms with Crippen molar-refractivity contribution in [3.8, 4) is 11.5 Å². The average molecular weight is 346 g/mol. The molecule has 0 unspecified atom stereocenters. The van der Waals surface area contributed by atoms with Crippen molar-refractivity contribution in [2.45, 2.75) is 38.1 Å². The highest BCUT2D eigenvalue weighted by atomic mass is 16.5. The van der Waals surface area contributed by atoms with E-state index in [9.17, 15) is 9.59 Å². The molecule has 6 nitrogen and oxygen atoms in total. The van der Waals surface area contributed by atoms with E-state index in [0.29, 0.717) is 24.6 Å². The van der Waals surface area contributed by atoms with Crippen LogP contribution in [-0.2, 0) is 9.59 Å². The van der Waals surface area contributed by atoms with Crippen LogP contribution in [0.3, 0.4) is 0 Å². The lowest BCUT2D eigenvalue weighted by Gasteiger charge is -2.34. The van der Waals surface area contributed by atoms with Gasteiger partial charge in [-0.2, -0.15) is 0 Å². The molecule has 1 aromatic rings. The standard InChI is InChI=1S/C19H26N2O4/c1-24-16-7-2-3-8-17(16)25-13-18(22)21-11-9-15(10-12-21)20-19(23)14-5-4-6-14/h2-3,7-8,14-15H,4-6,9-13H2,1H3,(H,20,23). The minimum Gasteiger partial charge on any atom is -0.493 e. The summed E-state index contributed by atoms with van der Waals surface area (Å²) >= 11 is 0. The summed E-state index contributed by atoms with van der Waals surface area (Å²) in [6.45, 7) is 1.31. The molecule has 1 N–H and O–H groups in total. The van der Waals surface area contributed by atoms with Crippen molar-refractivity contribution in [1.82, 2.24) is 10.2 Å². The van der Waals surface area contributed by atoms with Gasteiger partial charge in [-0.05, 0) is 37.8 Å². The van der Waals surface area contributed by atoms with E-state index in [0.717, 1.165) is 32.1 Å². The lowest BCUT2D eigenvalue weighted by molar-refractivity contribution is -0.134. The first-order valence-corrected chi connectivity index (χ1v) is 9.01. The number of nitrogens with one attached hydrogen (secondary N) is 1. The average Bonchev–Trinajstić information content (AvgIpc) is 2.59. The normalized spacial score (nSPS) is 18.4. The second kappa shape index (κ2) is 8.23. The Morgan fingerprint density at radius 3 is 2.40 bits per heavy atom. The fraction of sp³-hybridized carbons (Fsp3) is 0.579. The van der Waals surface area contributed by atoms with Crippen LogP contribution in [-0.4, -0.2) is 49.6 Å². The molecule has 136 valence electrons. The van der Waals surface area contributed by atoms with Crippen LogP contribution >= 0.6 is 0 Å². The van der Waals surface area contributed by atoms with Crippen LogP contribution in [0.25, 0.3) is 0 Å². The summed E-state index contributed by atoms with van der Waals surface area (Å²) in [5.41, 5.74) is 0. The maximum atomic E-state index is 12.3. The molecule has 0 atom stereocenters. The molecule has 1 saturated carbocycles. The first kappa shape index (κ1) is 17.6. The van der Waals surface area contributed by atoms with Gasteiger partial charge in [0, 0.05) is 25.0 Å². The number of methoxy groups -OCH3 is 1. The zero-order valence-corrected chi connectivity index (χ0v) is 14.7. The van der Waals surface area contributed by atoms with Gasteiger partial charge in [-0.1, -0.05) is 18.6 Å². The highest BCUT2D eigenvalue weighted by Gasteiger charge is 2.29. The van der Waals surface area contributed by atoms with Crippen LogP contribution < -0.4 is 14.8 Å². The van der Waals surface area contributed by atoms with Crippen molar-refractivity contribution in [2.24, 2.45) is 5.92 Å². The third kappa shape index (κ3) is 4.44. The smallest absolute Gasteiger partial charge is 0.260 e. The van der Waals surface area contributed by atoms with Crippen molar-refractivity contribution in [3.63, 3.8) is 0 Å². The lowest BCUT2D eigenvalue weighted by Crippen LogP contribution is -2.49. The summed E-state index contributed by atoms with van der Waals surface area (Å²) in [4.78, 5) is 26.1. The van der Waals surface area contributed by atoms with E-state index in [1.165, 1.54) is 0 Å². The van der Waals surface area contributed by atoms with Gasteiger partial charge < -0.3 is 19.7 Å². The summed E-state index contributed by atoms with van der Waals surface area (Å²) in [5, 5.41) is 3.13. The predicted octanol–water partition coefficient (Wildman–Crippen LogP) is 1.98. The van der Waals surface area contributed by atoms with Gasteiger partial charge in [0.25, 0.3) is 5.91 Å². The van der Waals surface area contributed by atoms with Gasteiger partial charge in [0.15, 0.2) is 18.1 Å². The Labute approximate surface area is 148 Å². The maximum Gasteiger partial charge on any atom is 0.260 e. The number of rotatable bonds is 6. The highest BCUT2D eigenvalue weighted by Crippen LogP contribution is 2.27. The van der Waals surface area contributed by atoms with E-state index < -0.39 is 0 Å². The van der Waals surface area contributed by atoms with Crippen LogP contribution in [0.2, 0.25) is 0 Å². The summed E-state index contributed by atoms with van der Waals surface area (Å²) in [6.07, 6.45) is 4.81. The van der Waals surface area contributed by atoms with Crippen LogP contribution in [0, 0.1) is 5.92 Å². The summed E-state index contributed by atoms with van der Waals surface area (Å²) in [6, 6.07) is 7.48. The Balaban J connectivity index is 1.41. The van der Waals surface area contributed by atoms with Crippen LogP contribution in [0.4, 0.5) is 0 Å². The summed E-state index contributed by atoms with van der Waals surface area (Å²) < 4.78 is 10.8. The van der Waals surface area contributed by atoms with Crippen molar-refractivity contribution in [1.29, 1.82) is 0 Å². The van der Waals surface area contributed by atoms with Gasteiger partial charge in [0.05, 0.1) is 7.11 Å². The molecule has 0 radical (unpaired) electrons. The van der Waals surface area contributed by atoms with Gasteiger partial charge in [0.2, 0.25) is 5.91 Å². The maximum absolute atomic E-state index is 12.3. The molecular weight excluding hydrogens is 320 g/mol. The minimum absolute atomic E-state index is 0.000523. The molecule has 0 spiro atoms. The van der Waals surface area contributed by atoms with Crippen LogP contribution in [0.1, 0.15) is 32.1 Å². The second-order valence-corrected chi connectivity index (χ2v) is 6.73. The summed E-state index contributed by atoms with van der Waals surface area (Å²) in [5.74, 6) is 1.56. The SMILES string of the molecule is COc1ccccc1OCC(=O)N1CCC(NC(=O)C2CCC2)CC1. The number of benzene rings is 1. The number of likely N-dealkylation sites (tertiary alicyclic amines) is 1. The molecule has 2 amide bonds. The first-order chi connectivity index (χ1) is 12.2. The van der Waals surface area contributed by atoms with Crippen molar-refractivity contribution in [3.05, 3.63) is 24.3 Å². The highest BCUT2D eigenvalue weighted by molar-refractivity contribution is 5.80. The zero-order valence-electron chi connectivity index (χ0n) is 14.7. The Hall–Kier alpha value is -2.24. The molecule has 0 aromatic heterocycles. The minimum atomic E-state index is -0.0327. The van der Waals surface area contributed by atoms with E-state index in [1.54, 1.807) is 24.1 Å². The van der Waals surface area contributed by atoms with E-state index in [1.807, 2.05) is 12.1 Å². The molecule has 2 aliphatic rings. The first-order valence-electron chi connectivity index (χ1n) is 9.01. The molecule has 6 heteroatoms. The van der Waals surface area contributed by atoms with Crippen molar-refractivity contribution < 1.29 is 19.1 Å². The molecule has 25 heavy (non-hydrogen) atoms. The Kier molecular flexibility index (Phi) is 5.79. The number of hydrogen-bond acceptors (Lipinski definition) is 4. The van der Waals surface area contributed by atoms with Crippen molar-refractivity contribution in [2.75, 3.05) is 26.8 Å². The van der Waals surface area contributed by atoms with E-state index >= 15 is 0 Å². The molecule has 2 fully saturated rings. The van der Waals surface area contributed by atoms with E-state index in [-0.39, 0.29) is 30.4 Å². The Bertz CT molecular complexity index is 607. The molecular formula is C19H26N2O4. The number of nitrogens with zero attached hydrogens (tertiary/aromatic N) is 1. The lowest BCUT2D eigenvalue weighted by atomic mass is 9.84. The van der Waals surface area contributed by atoms with Gasteiger partial charge in [0.1, 0.15) is 0 Å². The molecule has 1 saturated heterocycles. The number of amides is 2. The number of para-hydroxylation sites is 2. The van der Waals surface area contributed by atoms with Crippen LogP contribution in [0.15, 0.2) is 24.3 Å². The predicted molar refractivity (Wildman–Crippen MR) is 93.6 cm³/mol. The molecule has 3 rings (SSSR count). The molecule has 1 heterocycles. The number of carbonyl (C=O) groups excluding carboxylic acids is 2. The monoisotopic (exact) mass is 346 g/mol. The quantitative estimate of drug-likeness (QED) is 0.855. The number of carbonyl (C=O) groups is 2. The molecule has 1 aromatic carbocycles. The zero-order chi connectivity index (χ0) is 17.6. The second-order valence-electron chi connectivity index (χ2n) is 6.73. The molecule has 1 aliphatic carbocycles. The van der Waals surface area contributed by atoms with Crippen molar-refractivity contribution >= 4 is 11.8 Å². The third-order valence-electron chi connectivity index (χ3n) is 5.09. The van der Waals surface area contributed by atoms with Gasteiger partial charge in [-0.15, -0.1) is 0 Å². The molecule has 1 aliphatic heterocycles. The number of ether oxygens (including phenoxy) is 2. The summed E-state index contributed by atoms with van der Waals surface area (Å²) in [7, 11) is 1.58.